The van der Waals surface area contributed by atoms with Crippen LogP contribution in [0.1, 0.15) is 124 Å². The van der Waals surface area contributed by atoms with E-state index in [0.717, 1.165) is 26.2 Å². The van der Waals surface area contributed by atoms with Gasteiger partial charge in [0, 0.05) is 19.4 Å². The van der Waals surface area contributed by atoms with Crippen LogP contribution < -0.4 is 0 Å². The molecule has 0 spiro atoms. The predicted octanol–water partition coefficient (Wildman–Crippen LogP) is 7.07. The average Bonchev–Trinajstić information content (AvgIpc) is 2.64. The van der Waals surface area contributed by atoms with Crippen LogP contribution in [0.15, 0.2) is 12.2 Å². The summed E-state index contributed by atoms with van der Waals surface area (Å²) in [5.74, 6) is -2.38. The SMILES string of the molecule is CC(=O)O.CCCC(=O)O.CCCCCCCCCCCCCCCC=CC(=O)O. The first-order valence-electron chi connectivity index (χ1n) is 11.6. The quantitative estimate of drug-likeness (QED) is 0.168. The summed E-state index contributed by atoms with van der Waals surface area (Å²) in [6.07, 6.45) is 22.6. The summed E-state index contributed by atoms with van der Waals surface area (Å²) < 4.78 is 0. The van der Waals surface area contributed by atoms with Crippen LogP contribution in [0.4, 0.5) is 0 Å². The normalized spacial score (nSPS) is 9.97. The smallest absolute Gasteiger partial charge is 0.327 e. The third-order valence-electron chi connectivity index (χ3n) is 4.20. The van der Waals surface area contributed by atoms with Gasteiger partial charge in [-0.25, -0.2) is 4.79 Å². The van der Waals surface area contributed by atoms with Crippen LogP contribution >= 0.6 is 0 Å². The molecule has 0 unspecified atom stereocenters. The molecule has 0 bridgehead atoms. The molecule has 6 nitrogen and oxygen atoms in total. The molecule has 3 N–H and O–H groups in total. The molecular weight excluding hydrogens is 384 g/mol. The lowest BCUT2D eigenvalue weighted by atomic mass is 10.0. The van der Waals surface area contributed by atoms with Crippen LogP contribution in [0, 0.1) is 0 Å². The molecule has 30 heavy (non-hydrogen) atoms. The number of carboxylic acid groups (broad SMARTS) is 3. The van der Waals surface area contributed by atoms with Gasteiger partial charge in [-0.2, -0.15) is 0 Å². The van der Waals surface area contributed by atoms with Gasteiger partial charge in [-0.3, -0.25) is 9.59 Å². The second kappa shape index (κ2) is 29.4. The number of carbonyl (C=O) groups is 3. The molecule has 0 aromatic rings. The highest BCUT2D eigenvalue weighted by molar-refractivity contribution is 5.79. The van der Waals surface area contributed by atoms with Gasteiger partial charge in [0.25, 0.3) is 5.97 Å². The standard InChI is InChI=1S/C18H34O2.C4H8O2.C2H4O2/c1-2-3-4-5-6-7-8-9-10-11-12-13-14-15-16-17-18(19)20;1-2-3-4(5)6;1-2(3)4/h16-17H,2-15H2,1H3,(H,19,20);2-3H2,1H3,(H,5,6);1H3,(H,3,4). The fraction of sp³-hybridized carbons (Fsp3) is 0.792. The van der Waals surface area contributed by atoms with Crippen molar-refractivity contribution < 1.29 is 29.7 Å². The van der Waals surface area contributed by atoms with E-state index in [2.05, 4.69) is 6.92 Å². The maximum absolute atomic E-state index is 10.2. The van der Waals surface area contributed by atoms with Gasteiger partial charge in [-0.05, 0) is 19.3 Å². The number of hydrogen-bond donors (Lipinski definition) is 3. The Morgan fingerprint density at radius 1 is 0.633 bits per heavy atom. The van der Waals surface area contributed by atoms with Gasteiger partial charge in [-0.1, -0.05) is 97.0 Å². The van der Waals surface area contributed by atoms with E-state index in [-0.39, 0.29) is 0 Å². The van der Waals surface area contributed by atoms with Crippen molar-refractivity contribution in [2.45, 2.75) is 124 Å². The van der Waals surface area contributed by atoms with Crippen molar-refractivity contribution in [3.05, 3.63) is 12.2 Å². The number of hydrogen-bond acceptors (Lipinski definition) is 3. The van der Waals surface area contributed by atoms with Crippen molar-refractivity contribution in [1.82, 2.24) is 0 Å². The average molecular weight is 431 g/mol. The minimum Gasteiger partial charge on any atom is -0.481 e. The molecule has 0 atom stereocenters. The van der Waals surface area contributed by atoms with Crippen LogP contribution in [0.5, 0.6) is 0 Å². The van der Waals surface area contributed by atoms with E-state index in [1.165, 1.54) is 83.1 Å². The van der Waals surface area contributed by atoms with E-state index in [1.54, 1.807) is 6.08 Å². The molecule has 0 rings (SSSR count). The Hall–Kier alpha value is -1.85. The highest BCUT2D eigenvalue weighted by Gasteiger charge is 1.93. The third-order valence-corrected chi connectivity index (χ3v) is 4.20. The topological polar surface area (TPSA) is 112 Å². The lowest BCUT2D eigenvalue weighted by molar-refractivity contribution is -0.137. The Bertz CT molecular complexity index is 414. The first-order valence-corrected chi connectivity index (χ1v) is 11.6. The van der Waals surface area contributed by atoms with E-state index in [0.29, 0.717) is 6.42 Å². The Balaban J connectivity index is -0.000000600. The molecule has 0 aliphatic rings. The molecule has 0 aromatic carbocycles. The number of unbranched alkanes of at least 4 members (excludes halogenated alkanes) is 13. The molecule has 0 heterocycles. The molecule has 0 radical (unpaired) electrons. The summed E-state index contributed by atoms with van der Waals surface area (Å²) in [7, 11) is 0. The molecule has 0 aliphatic heterocycles. The molecule has 0 saturated heterocycles. The van der Waals surface area contributed by atoms with Crippen LogP contribution in [-0.4, -0.2) is 33.2 Å². The summed E-state index contributed by atoms with van der Waals surface area (Å²) in [5, 5.41) is 23.8. The molecule has 0 aromatic heterocycles. The Morgan fingerprint density at radius 2 is 1.00 bits per heavy atom. The zero-order valence-corrected chi connectivity index (χ0v) is 19.5. The number of carboxylic acids is 3. The minimum absolute atomic E-state index is 0.292. The van der Waals surface area contributed by atoms with Crippen molar-refractivity contribution in [1.29, 1.82) is 0 Å². The Kier molecular flexibility index (Phi) is 32.1. The van der Waals surface area contributed by atoms with E-state index in [1.807, 2.05) is 6.92 Å². The summed E-state index contributed by atoms with van der Waals surface area (Å²) in [6.45, 7) is 5.19. The molecule has 0 fully saturated rings. The van der Waals surface area contributed by atoms with Crippen molar-refractivity contribution in [3.8, 4) is 0 Å². The van der Waals surface area contributed by atoms with E-state index in [4.69, 9.17) is 20.1 Å². The van der Waals surface area contributed by atoms with Gasteiger partial charge >= 0.3 is 11.9 Å². The zero-order chi connectivity index (χ0) is 23.5. The van der Waals surface area contributed by atoms with Crippen LogP contribution in [0.25, 0.3) is 0 Å². The summed E-state index contributed by atoms with van der Waals surface area (Å²) in [4.78, 5) is 28.8. The van der Waals surface area contributed by atoms with Crippen molar-refractivity contribution >= 4 is 17.9 Å². The minimum atomic E-state index is -0.834. The highest BCUT2D eigenvalue weighted by atomic mass is 16.4. The Labute approximate surface area is 183 Å². The van der Waals surface area contributed by atoms with Gasteiger partial charge in [0.15, 0.2) is 0 Å². The van der Waals surface area contributed by atoms with Crippen molar-refractivity contribution in [3.63, 3.8) is 0 Å². The largest absolute Gasteiger partial charge is 0.481 e. The van der Waals surface area contributed by atoms with E-state index >= 15 is 0 Å². The van der Waals surface area contributed by atoms with Gasteiger partial charge in [0.1, 0.15) is 0 Å². The van der Waals surface area contributed by atoms with Gasteiger partial charge in [0.2, 0.25) is 0 Å². The fourth-order valence-corrected chi connectivity index (χ4v) is 2.68. The number of aliphatic carboxylic acids is 3. The molecule has 0 amide bonds. The zero-order valence-electron chi connectivity index (χ0n) is 19.5. The molecular formula is C24H46O6. The number of allylic oxidation sites excluding steroid dienone is 1. The summed E-state index contributed by atoms with van der Waals surface area (Å²) in [6, 6.07) is 0. The number of rotatable bonds is 17. The lowest BCUT2D eigenvalue weighted by Gasteiger charge is -2.02. The molecule has 0 aliphatic carbocycles. The first-order chi connectivity index (χ1) is 14.3. The van der Waals surface area contributed by atoms with Gasteiger partial charge < -0.3 is 15.3 Å². The van der Waals surface area contributed by atoms with E-state index < -0.39 is 17.9 Å². The maximum Gasteiger partial charge on any atom is 0.327 e. The molecule has 6 heteroatoms. The van der Waals surface area contributed by atoms with Crippen molar-refractivity contribution in [2.75, 3.05) is 0 Å². The third kappa shape index (κ3) is 50.2. The molecule has 178 valence electrons. The summed E-state index contributed by atoms with van der Waals surface area (Å²) in [5.41, 5.74) is 0. The predicted molar refractivity (Wildman–Crippen MR) is 123 cm³/mol. The fourth-order valence-electron chi connectivity index (χ4n) is 2.68. The lowest BCUT2D eigenvalue weighted by Crippen LogP contribution is -1.90. The first kappa shape index (κ1) is 32.8. The molecule has 0 saturated carbocycles. The second-order valence-corrected chi connectivity index (χ2v) is 7.43. The van der Waals surface area contributed by atoms with Crippen molar-refractivity contribution in [2.24, 2.45) is 0 Å². The summed E-state index contributed by atoms with van der Waals surface area (Å²) >= 11 is 0. The van der Waals surface area contributed by atoms with Crippen LogP contribution in [0.3, 0.4) is 0 Å². The van der Waals surface area contributed by atoms with Crippen LogP contribution in [-0.2, 0) is 14.4 Å². The van der Waals surface area contributed by atoms with Gasteiger partial charge in [0.05, 0.1) is 0 Å². The Morgan fingerprint density at radius 3 is 1.27 bits per heavy atom. The van der Waals surface area contributed by atoms with E-state index in [9.17, 15) is 9.59 Å². The maximum atomic E-state index is 10.2. The second-order valence-electron chi connectivity index (χ2n) is 7.43. The van der Waals surface area contributed by atoms with Crippen LogP contribution in [0.2, 0.25) is 0 Å². The monoisotopic (exact) mass is 430 g/mol. The van der Waals surface area contributed by atoms with Gasteiger partial charge in [-0.15, -0.1) is 0 Å². The highest BCUT2D eigenvalue weighted by Crippen LogP contribution is 2.12.